The largest absolute Gasteiger partial charge is 0.497 e. The molecule has 1 aromatic rings. The van der Waals surface area contributed by atoms with Gasteiger partial charge in [-0.15, -0.1) is 0 Å². The van der Waals surface area contributed by atoms with E-state index in [0.29, 0.717) is 13.1 Å². The van der Waals surface area contributed by atoms with Crippen molar-refractivity contribution >= 4 is 11.8 Å². The van der Waals surface area contributed by atoms with Gasteiger partial charge in [-0.2, -0.15) is 0 Å². The number of carbonyl (C=O) groups excluding carboxylic acids is 2. The lowest BCUT2D eigenvalue weighted by atomic mass is 10.0. The Bertz CT molecular complexity index is 643. The van der Waals surface area contributed by atoms with Crippen LogP contribution in [0.5, 0.6) is 5.75 Å². The van der Waals surface area contributed by atoms with Crippen molar-refractivity contribution in [3.63, 3.8) is 0 Å². The van der Waals surface area contributed by atoms with Crippen molar-refractivity contribution < 1.29 is 14.3 Å². The summed E-state index contributed by atoms with van der Waals surface area (Å²) < 4.78 is 5.36. The molecule has 2 unspecified atom stereocenters. The summed E-state index contributed by atoms with van der Waals surface area (Å²) in [6, 6.07) is 7.88. The lowest BCUT2D eigenvalue weighted by molar-refractivity contribution is -0.136. The Morgan fingerprint density at radius 1 is 1.23 bits per heavy atom. The van der Waals surface area contributed by atoms with Crippen molar-refractivity contribution in [2.75, 3.05) is 33.3 Å². The highest BCUT2D eigenvalue weighted by molar-refractivity contribution is 5.87. The Morgan fingerprint density at radius 2 is 2.00 bits per heavy atom. The summed E-state index contributed by atoms with van der Waals surface area (Å²) in [5, 5.41) is 3.11. The molecule has 2 amide bonds. The number of amides is 2. The third-order valence-electron chi connectivity index (χ3n) is 5.49. The first-order valence-corrected chi connectivity index (χ1v) is 9.53. The number of hydrogen-bond donors (Lipinski definition) is 1. The van der Waals surface area contributed by atoms with Crippen molar-refractivity contribution in [1.29, 1.82) is 0 Å². The number of hydrogen-bond acceptors (Lipinski definition) is 4. The Labute approximate surface area is 155 Å². The molecule has 0 spiro atoms. The average molecular weight is 359 g/mol. The summed E-state index contributed by atoms with van der Waals surface area (Å²) in [6.45, 7) is 4.85. The molecule has 0 radical (unpaired) electrons. The number of rotatable bonds is 6. The number of likely N-dealkylation sites (tertiary alicyclic amines) is 2. The normalized spacial score (nSPS) is 21.6. The second-order valence-corrected chi connectivity index (χ2v) is 7.15. The Hall–Kier alpha value is -2.08. The lowest BCUT2D eigenvalue weighted by Crippen LogP contribution is -2.47. The average Bonchev–Trinajstić information content (AvgIpc) is 3.34. The SMILES string of the molecule is COc1cccc(C(CNC(=O)C2CCCN2C(C)=O)N2CCCC2)c1. The van der Waals surface area contributed by atoms with Crippen LogP contribution < -0.4 is 10.1 Å². The van der Waals surface area contributed by atoms with E-state index < -0.39 is 0 Å². The maximum atomic E-state index is 12.7. The van der Waals surface area contributed by atoms with Crippen molar-refractivity contribution in [3.8, 4) is 5.75 Å². The number of nitrogens with zero attached hydrogens (tertiary/aromatic N) is 2. The standard InChI is InChI=1S/C20H29N3O3/c1-15(24)23-12-6-9-18(23)20(25)21-14-19(22-10-3-4-11-22)16-7-5-8-17(13-16)26-2/h5,7-8,13,18-19H,3-4,6,9-12,14H2,1-2H3,(H,21,25). The van der Waals surface area contributed by atoms with E-state index in [1.807, 2.05) is 18.2 Å². The second-order valence-electron chi connectivity index (χ2n) is 7.15. The third kappa shape index (κ3) is 4.18. The summed E-state index contributed by atoms with van der Waals surface area (Å²) in [5.74, 6) is 0.771. The van der Waals surface area contributed by atoms with Crippen LogP contribution in [0.25, 0.3) is 0 Å². The molecular formula is C20H29N3O3. The van der Waals surface area contributed by atoms with Crippen LogP contribution in [0.3, 0.4) is 0 Å². The first-order chi connectivity index (χ1) is 12.6. The van der Waals surface area contributed by atoms with Crippen molar-refractivity contribution in [1.82, 2.24) is 15.1 Å². The van der Waals surface area contributed by atoms with E-state index in [1.54, 1.807) is 12.0 Å². The fourth-order valence-corrected chi connectivity index (χ4v) is 4.09. The van der Waals surface area contributed by atoms with Crippen molar-refractivity contribution in [2.24, 2.45) is 0 Å². The van der Waals surface area contributed by atoms with Crippen LogP contribution in [0, 0.1) is 0 Å². The summed E-state index contributed by atoms with van der Waals surface area (Å²) in [4.78, 5) is 28.5. The van der Waals surface area contributed by atoms with Gasteiger partial charge in [0, 0.05) is 20.0 Å². The molecule has 26 heavy (non-hydrogen) atoms. The maximum Gasteiger partial charge on any atom is 0.242 e. The number of carbonyl (C=O) groups is 2. The number of ether oxygens (including phenoxy) is 1. The molecule has 1 N–H and O–H groups in total. The molecule has 0 aromatic heterocycles. The topological polar surface area (TPSA) is 61.9 Å². The first-order valence-electron chi connectivity index (χ1n) is 9.53. The van der Waals surface area contributed by atoms with Crippen LogP contribution in [-0.2, 0) is 9.59 Å². The number of nitrogens with one attached hydrogen (secondary N) is 1. The molecule has 142 valence electrons. The van der Waals surface area contributed by atoms with Gasteiger partial charge in [0.1, 0.15) is 11.8 Å². The van der Waals surface area contributed by atoms with Gasteiger partial charge >= 0.3 is 0 Å². The van der Waals surface area contributed by atoms with E-state index in [0.717, 1.165) is 37.2 Å². The minimum absolute atomic E-state index is 0.0217. The molecular weight excluding hydrogens is 330 g/mol. The van der Waals surface area contributed by atoms with Gasteiger partial charge in [0.2, 0.25) is 11.8 Å². The van der Waals surface area contributed by atoms with Crippen molar-refractivity contribution in [2.45, 2.75) is 44.7 Å². The lowest BCUT2D eigenvalue weighted by Gasteiger charge is -2.30. The minimum Gasteiger partial charge on any atom is -0.497 e. The summed E-state index contributed by atoms with van der Waals surface area (Å²) >= 11 is 0. The molecule has 0 aliphatic carbocycles. The third-order valence-corrected chi connectivity index (χ3v) is 5.49. The molecule has 6 heteroatoms. The van der Waals surface area contributed by atoms with E-state index in [2.05, 4.69) is 16.3 Å². The minimum atomic E-state index is -0.322. The fraction of sp³-hybridized carbons (Fsp3) is 0.600. The van der Waals surface area contributed by atoms with Crippen LogP contribution in [-0.4, -0.2) is 60.9 Å². The first kappa shape index (κ1) is 18.7. The summed E-state index contributed by atoms with van der Waals surface area (Å²) in [5.41, 5.74) is 1.15. The van der Waals surface area contributed by atoms with Gasteiger partial charge in [-0.25, -0.2) is 0 Å². The van der Waals surface area contributed by atoms with E-state index in [1.165, 1.54) is 19.8 Å². The quantitative estimate of drug-likeness (QED) is 0.843. The molecule has 3 rings (SSSR count). The second kappa shape index (κ2) is 8.54. The molecule has 2 heterocycles. The molecule has 0 bridgehead atoms. The van der Waals surface area contributed by atoms with Crippen LogP contribution >= 0.6 is 0 Å². The van der Waals surface area contributed by atoms with Gasteiger partial charge < -0.3 is 15.0 Å². The number of benzene rings is 1. The van der Waals surface area contributed by atoms with Crippen molar-refractivity contribution in [3.05, 3.63) is 29.8 Å². The van der Waals surface area contributed by atoms with Crippen LogP contribution in [0.15, 0.2) is 24.3 Å². The highest BCUT2D eigenvalue weighted by Crippen LogP contribution is 2.27. The molecule has 2 saturated heterocycles. The summed E-state index contributed by atoms with van der Waals surface area (Å²) in [7, 11) is 1.67. The highest BCUT2D eigenvalue weighted by Gasteiger charge is 2.33. The smallest absolute Gasteiger partial charge is 0.242 e. The molecule has 0 saturated carbocycles. The predicted octanol–water partition coefficient (Wildman–Crippen LogP) is 1.96. The summed E-state index contributed by atoms with van der Waals surface area (Å²) in [6.07, 6.45) is 4.02. The van der Waals surface area contributed by atoms with Gasteiger partial charge in [0.15, 0.2) is 0 Å². The molecule has 1 aromatic carbocycles. The Kier molecular flexibility index (Phi) is 6.14. The van der Waals surface area contributed by atoms with Gasteiger partial charge in [-0.05, 0) is 56.5 Å². The van der Waals surface area contributed by atoms with E-state index in [4.69, 9.17) is 4.74 Å². The molecule has 2 aliphatic rings. The molecule has 6 nitrogen and oxygen atoms in total. The van der Waals surface area contributed by atoms with Crippen LogP contribution in [0.4, 0.5) is 0 Å². The highest BCUT2D eigenvalue weighted by atomic mass is 16.5. The Balaban J connectivity index is 1.69. The van der Waals surface area contributed by atoms with E-state index >= 15 is 0 Å². The monoisotopic (exact) mass is 359 g/mol. The van der Waals surface area contributed by atoms with E-state index in [-0.39, 0.29) is 23.9 Å². The zero-order valence-corrected chi connectivity index (χ0v) is 15.7. The van der Waals surface area contributed by atoms with E-state index in [9.17, 15) is 9.59 Å². The fourth-order valence-electron chi connectivity index (χ4n) is 4.09. The zero-order valence-electron chi connectivity index (χ0n) is 15.7. The van der Waals surface area contributed by atoms with Crippen LogP contribution in [0.1, 0.15) is 44.2 Å². The van der Waals surface area contributed by atoms with Gasteiger partial charge in [-0.3, -0.25) is 14.5 Å². The molecule has 2 atom stereocenters. The molecule has 2 aliphatic heterocycles. The molecule has 2 fully saturated rings. The van der Waals surface area contributed by atoms with Gasteiger partial charge in [0.25, 0.3) is 0 Å². The van der Waals surface area contributed by atoms with Gasteiger partial charge in [0.05, 0.1) is 13.2 Å². The maximum absolute atomic E-state index is 12.7. The number of methoxy groups -OCH3 is 1. The van der Waals surface area contributed by atoms with Gasteiger partial charge in [-0.1, -0.05) is 12.1 Å². The Morgan fingerprint density at radius 3 is 2.69 bits per heavy atom. The zero-order chi connectivity index (χ0) is 18.5. The predicted molar refractivity (Wildman–Crippen MR) is 100.0 cm³/mol. The van der Waals surface area contributed by atoms with Crippen LogP contribution in [0.2, 0.25) is 0 Å².